The zero-order chi connectivity index (χ0) is 18.1. The van der Waals surface area contributed by atoms with Gasteiger partial charge >= 0.3 is 8.25 Å². The van der Waals surface area contributed by atoms with Crippen molar-refractivity contribution in [2.24, 2.45) is 0 Å². The van der Waals surface area contributed by atoms with Crippen LogP contribution < -0.4 is 30.5 Å². The Bertz CT molecular complexity index is 838. The molecule has 10 heteroatoms. The Morgan fingerprint density at radius 2 is 2.31 bits per heavy atom. The Morgan fingerprint density at radius 3 is 3.04 bits per heavy atom. The third-order valence-electron chi connectivity index (χ3n) is 4.37. The van der Waals surface area contributed by atoms with Crippen molar-refractivity contribution in [3.63, 3.8) is 0 Å². The van der Waals surface area contributed by atoms with Gasteiger partial charge in [-0.25, -0.2) is 4.98 Å². The number of anilines is 1. The van der Waals surface area contributed by atoms with Crippen molar-refractivity contribution in [2.45, 2.75) is 13.0 Å². The van der Waals surface area contributed by atoms with Crippen molar-refractivity contribution in [1.82, 2.24) is 21.2 Å². The molecular formula is C16H18N5O4P. The highest BCUT2D eigenvalue weighted by molar-refractivity contribution is 7.31. The maximum atomic E-state index is 11.2. The van der Waals surface area contributed by atoms with Gasteiger partial charge in [-0.1, -0.05) is 0 Å². The first-order chi connectivity index (χ1) is 12.6. The standard InChI is InChI=1S/C16H18N5O4P/c1-10-9-24-7-6-21(10)14-8-13(25-26(22)23)11-2-4-17-16(15(11)19-14)12-3-5-18-20-12/h2-5,8,10,17-18,20H,6-7,9H2,1H3/t10-/m1/s1. The number of aromatic nitrogens is 1. The number of fused-ring (bicyclic) bond motifs is 1. The number of hydrogen-bond donors (Lipinski definition) is 3. The molecule has 1 fully saturated rings. The summed E-state index contributed by atoms with van der Waals surface area (Å²) in [6.45, 7) is 3.89. The molecule has 1 aromatic rings. The van der Waals surface area contributed by atoms with Crippen LogP contribution in [0.25, 0.3) is 11.8 Å². The summed E-state index contributed by atoms with van der Waals surface area (Å²) in [6.07, 6.45) is 7.11. The number of pyridine rings is 1. The van der Waals surface area contributed by atoms with E-state index >= 15 is 0 Å². The minimum absolute atomic E-state index is 0.123. The van der Waals surface area contributed by atoms with Gasteiger partial charge in [0.05, 0.1) is 36.2 Å². The number of nitrogens with one attached hydrogen (secondary N) is 3. The predicted octanol–water partition coefficient (Wildman–Crippen LogP) is 0.567. The lowest BCUT2D eigenvalue weighted by atomic mass is 10.0. The molecule has 136 valence electrons. The molecule has 2 atom stereocenters. The molecule has 1 aromatic heterocycles. The Balaban J connectivity index is 1.86. The molecule has 4 rings (SSSR count). The van der Waals surface area contributed by atoms with E-state index in [0.29, 0.717) is 36.8 Å². The van der Waals surface area contributed by atoms with Crippen molar-refractivity contribution in [3.8, 4) is 5.75 Å². The summed E-state index contributed by atoms with van der Waals surface area (Å²) >= 11 is 0. The van der Waals surface area contributed by atoms with Gasteiger partial charge in [-0.2, -0.15) is 0 Å². The largest absolute Gasteiger partial charge is 0.558 e. The van der Waals surface area contributed by atoms with Gasteiger partial charge in [0, 0.05) is 25.0 Å². The molecule has 4 heterocycles. The van der Waals surface area contributed by atoms with Crippen LogP contribution in [0, 0.1) is 0 Å². The number of morpholine rings is 1. The Morgan fingerprint density at radius 1 is 1.42 bits per heavy atom. The third kappa shape index (κ3) is 3.12. The molecule has 1 saturated heterocycles. The van der Waals surface area contributed by atoms with E-state index < -0.39 is 8.25 Å². The number of hydrogen-bond acceptors (Lipinski definition) is 9. The van der Waals surface area contributed by atoms with Crippen molar-refractivity contribution in [2.75, 3.05) is 24.7 Å². The average Bonchev–Trinajstić information content (AvgIpc) is 3.15. The summed E-state index contributed by atoms with van der Waals surface area (Å²) < 4.78 is 21.8. The normalized spacial score (nSPS) is 24.5. The SMILES string of the molecule is C[C@@H]1COCCN1c1cc(O[P+](=O)[O-])c2c(n1)C(=C1C=CNN1)NC=C2. The molecule has 0 spiro atoms. The summed E-state index contributed by atoms with van der Waals surface area (Å²) in [5.74, 6) is 0.905. The molecule has 0 radical (unpaired) electrons. The molecule has 3 N–H and O–H groups in total. The molecule has 26 heavy (non-hydrogen) atoms. The molecule has 0 aromatic carbocycles. The van der Waals surface area contributed by atoms with Crippen LogP contribution in [-0.2, 0) is 9.30 Å². The van der Waals surface area contributed by atoms with E-state index in [2.05, 4.69) is 21.1 Å². The minimum atomic E-state index is -3.04. The number of rotatable bonds is 3. The van der Waals surface area contributed by atoms with Gasteiger partial charge < -0.3 is 25.3 Å². The van der Waals surface area contributed by atoms with Crippen LogP contribution in [0.15, 0.2) is 30.2 Å². The van der Waals surface area contributed by atoms with Crippen LogP contribution in [-0.4, -0.2) is 30.8 Å². The van der Waals surface area contributed by atoms with Crippen molar-refractivity contribution >= 4 is 25.8 Å². The molecule has 0 bridgehead atoms. The fraction of sp³-hybridized carbons (Fsp3) is 0.312. The summed E-state index contributed by atoms with van der Waals surface area (Å²) in [4.78, 5) is 18.1. The number of nitrogens with zero attached hydrogens (tertiary/aromatic N) is 2. The Hall–Kier alpha value is -2.61. The van der Waals surface area contributed by atoms with Gasteiger partial charge in [0.15, 0.2) is 5.75 Å². The second-order valence-corrected chi connectivity index (χ2v) is 6.67. The summed E-state index contributed by atoms with van der Waals surface area (Å²) in [5, 5.41) is 3.17. The van der Waals surface area contributed by atoms with Gasteiger partial charge in [-0.3, -0.25) is 9.95 Å². The fourth-order valence-corrected chi connectivity index (χ4v) is 3.47. The van der Waals surface area contributed by atoms with Gasteiger partial charge in [-0.05, 0) is 23.6 Å². The number of ether oxygens (including phenoxy) is 1. The highest BCUT2D eigenvalue weighted by Gasteiger charge is 2.27. The third-order valence-corrected chi connectivity index (χ3v) is 4.71. The lowest BCUT2D eigenvalue weighted by molar-refractivity contribution is -0.178. The van der Waals surface area contributed by atoms with Crippen molar-refractivity contribution in [3.05, 3.63) is 41.5 Å². The summed E-state index contributed by atoms with van der Waals surface area (Å²) in [5.41, 5.74) is 8.68. The van der Waals surface area contributed by atoms with Crippen LogP contribution in [0.2, 0.25) is 0 Å². The topological polar surface area (TPSA) is 111 Å². The van der Waals surface area contributed by atoms with Crippen molar-refractivity contribution in [1.29, 1.82) is 0 Å². The molecular weight excluding hydrogens is 357 g/mol. The van der Waals surface area contributed by atoms with Crippen LogP contribution >= 0.6 is 8.25 Å². The van der Waals surface area contributed by atoms with Crippen molar-refractivity contribution < 1.29 is 18.7 Å². The molecule has 3 aliphatic heterocycles. The van der Waals surface area contributed by atoms with Crippen LogP contribution in [0.5, 0.6) is 5.75 Å². The van der Waals surface area contributed by atoms with Crippen LogP contribution in [0.4, 0.5) is 5.82 Å². The quantitative estimate of drug-likeness (QED) is 0.653. The summed E-state index contributed by atoms with van der Waals surface area (Å²) in [7, 11) is -3.04. The van der Waals surface area contributed by atoms with E-state index in [-0.39, 0.29) is 11.8 Å². The Kier molecular flexibility index (Phi) is 4.50. The highest BCUT2D eigenvalue weighted by atomic mass is 31.1. The van der Waals surface area contributed by atoms with Gasteiger partial charge in [-0.15, -0.1) is 0 Å². The molecule has 3 aliphatic rings. The second-order valence-electron chi connectivity index (χ2n) is 6.04. The van der Waals surface area contributed by atoms with E-state index in [1.165, 1.54) is 0 Å². The summed E-state index contributed by atoms with van der Waals surface area (Å²) in [6, 6.07) is 1.79. The van der Waals surface area contributed by atoms with E-state index in [0.717, 1.165) is 11.4 Å². The molecule has 1 unspecified atom stereocenters. The first-order valence-corrected chi connectivity index (χ1v) is 9.30. The van der Waals surface area contributed by atoms with E-state index in [9.17, 15) is 9.46 Å². The number of allylic oxidation sites excluding steroid dienone is 1. The first-order valence-electron chi connectivity index (χ1n) is 8.21. The molecule has 0 aliphatic carbocycles. The van der Waals surface area contributed by atoms with Crippen LogP contribution in [0.3, 0.4) is 0 Å². The van der Waals surface area contributed by atoms with Gasteiger partial charge in [0.1, 0.15) is 11.5 Å². The van der Waals surface area contributed by atoms with E-state index in [4.69, 9.17) is 14.2 Å². The lowest BCUT2D eigenvalue weighted by Gasteiger charge is -2.35. The zero-order valence-corrected chi connectivity index (χ0v) is 15.0. The second kappa shape index (κ2) is 6.95. The molecule has 0 saturated carbocycles. The predicted molar refractivity (Wildman–Crippen MR) is 94.6 cm³/mol. The van der Waals surface area contributed by atoms with Gasteiger partial charge in [0.2, 0.25) is 0 Å². The molecule has 9 nitrogen and oxygen atoms in total. The van der Waals surface area contributed by atoms with Gasteiger partial charge in [0.25, 0.3) is 0 Å². The fourth-order valence-electron chi connectivity index (χ4n) is 3.15. The van der Waals surface area contributed by atoms with Crippen LogP contribution in [0.1, 0.15) is 18.2 Å². The maximum absolute atomic E-state index is 11.2. The molecule has 0 amide bonds. The lowest BCUT2D eigenvalue weighted by Crippen LogP contribution is -2.44. The Labute approximate surface area is 151 Å². The van der Waals surface area contributed by atoms with E-state index in [1.54, 1.807) is 24.5 Å². The minimum Gasteiger partial charge on any atom is -0.558 e. The average molecular weight is 375 g/mol. The van der Waals surface area contributed by atoms with E-state index in [1.807, 2.05) is 13.0 Å². The maximum Gasteiger partial charge on any atom is 0.539 e. The smallest absolute Gasteiger partial charge is 0.539 e. The first kappa shape index (κ1) is 16.8. The number of hydrazine groups is 1. The highest BCUT2D eigenvalue weighted by Crippen LogP contribution is 2.37. The zero-order valence-electron chi connectivity index (χ0n) is 14.1. The monoisotopic (exact) mass is 375 g/mol.